The quantitative estimate of drug-likeness (QED) is 0.232. The number of hydrogen-bond donors (Lipinski definition) is 7. The summed E-state index contributed by atoms with van der Waals surface area (Å²) in [4.78, 5) is 23.9. The molecule has 2 aliphatic rings. The van der Waals surface area contributed by atoms with Gasteiger partial charge in [0.1, 0.15) is 41.7 Å². The number of aliphatic hydroxyl groups excluding tert-OH is 3. The number of phenolic OH excluding ortho intramolecular Hbond substituents is 2. The van der Waals surface area contributed by atoms with Crippen LogP contribution in [0, 0.1) is 6.92 Å². The van der Waals surface area contributed by atoms with Gasteiger partial charge in [-0.2, -0.15) is 0 Å². The van der Waals surface area contributed by atoms with E-state index in [1.807, 2.05) is 0 Å². The minimum absolute atomic E-state index is 0.0343. The summed E-state index contributed by atoms with van der Waals surface area (Å²) in [5, 5.41) is 73.2. The summed E-state index contributed by atoms with van der Waals surface area (Å²) in [5.41, 5.74) is -1.99. The van der Waals surface area contributed by atoms with Crippen LogP contribution in [0.2, 0.25) is 0 Å². The molecule has 2 aromatic carbocycles. The molecule has 1 heterocycles. The molecule has 4 rings (SSSR count). The Bertz CT molecular complexity index is 1180. The van der Waals surface area contributed by atoms with E-state index < -0.39 is 59.6 Å². The lowest BCUT2D eigenvalue weighted by Gasteiger charge is -2.45. The topological polar surface area (TPSA) is 194 Å². The molecular formula is C24H28O11. The molecule has 35 heavy (non-hydrogen) atoms. The van der Waals surface area contributed by atoms with Gasteiger partial charge in [-0.3, -0.25) is 4.79 Å². The fraction of sp³-hybridized carbons (Fsp3) is 0.500. The van der Waals surface area contributed by atoms with Crippen molar-refractivity contribution < 1.29 is 54.8 Å². The normalized spacial score (nSPS) is 28.2. The maximum Gasteiger partial charge on any atom is 0.335 e. The van der Waals surface area contributed by atoms with Gasteiger partial charge in [0.25, 0.3) is 0 Å². The Labute approximate surface area is 199 Å². The third kappa shape index (κ3) is 4.09. The van der Waals surface area contributed by atoms with E-state index in [0.29, 0.717) is 12.8 Å². The van der Waals surface area contributed by atoms with Crippen LogP contribution in [0.4, 0.5) is 0 Å². The van der Waals surface area contributed by atoms with E-state index >= 15 is 0 Å². The fourth-order valence-corrected chi connectivity index (χ4v) is 5.10. The minimum atomic E-state index is -1.82. The molecule has 0 radical (unpaired) electrons. The number of carboxylic acid groups (broad SMARTS) is 1. The van der Waals surface area contributed by atoms with Crippen molar-refractivity contribution in [3.05, 3.63) is 28.8 Å². The molecule has 1 aliphatic heterocycles. The molecule has 11 heteroatoms. The van der Waals surface area contributed by atoms with Crippen LogP contribution in [0.5, 0.6) is 17.2 Å². The van der Waals surface area contributed by atoms with Gasteiger partial charge in [-0.25, -0.2) is 4.79 Å². The molecule has 0 bridgehead atoms. The summed E-state index contributed by atoms with van der Waals surface area (Å²) in [6, 6.07) is 2.10. The van der Waals surface area contributed by atoms with Gasteiger partial charge in [0, 0.05) is 10.9 Å². The predicted molar refractivity (Wildman–Crippen MR) is 120 cm³/mol. The van der Waals surface area contributed by atoms with Crippen molar-refractivity contribution in [3.63, 3.8) is 0 Å². The monoisotopic (exact) mass is 492 g/mol. The average molecular weight is 492 g/mol. The van der Waals surface area contributed by atoms with E-state index in [2.05, 4.69) is 0 Å². The number of aromatic carboxylic acids is 1. The molecule has 2 aromatic rings. The second-order valence-corrected chi connectivity index (χ2v) is 9.28. The Balaban J connectivity index is 1.85. The smallest absolute Gasteiger partial charge is 0.335 e. The van der Waals surface area contributed by atoms with E-state index in [4.69, 9.17) is 9.47 Å². The van der Waals surface area contributed by atoms with Crippen LogP contribution in [0.3, 0.4) is 0 Å². The number of aromatic hydroxyl groups is 2. The molecule has 7 N–H and O–H groups in total. The number of ether oxygens (including phenoxy) is 2. The number of Topliss-reactive ketones (excluding diaryl/α,β-unsaturated/α-hetero) is 1. The maximum absolute atomic E-state index is 12.2. The molecule has 11 nitrogen and oxygen atoms in total. The fourth-order valence-electron chi connectivity index (χ4n) is 5.10. The van der Waals surface area contributed by atoms with Gasteiger partial charge in [0.15, 0.2) is 5.78 Å². The van der Waals surface area contributed by atoms with Gasteiger partial charge in [0.05, 0.1) is 22.1 Å². The average Bonchev–Trinajstić information content (AvgIpc) is 3.24. The molecule has 1 saturated carbocycles. The van der Waals surface area contributed by atoms with Gasteiger partial charge in [-0.15, -0.1) is 0 Å². The third-order valence-electron chi connectivity index (χ3n) is 6.97. The van der Waals surface area contributed by atoms with Crippen LogP contribution in [-0.2, 0) is 4.74 Å². The number of ketones is 1. The standard InChI is InChI=1S/C24H28O11/c1-9-14(10(2)25)17(27)15-12(16(9)26)7-11(22(31)32)8-13(15)34-23-20(30)18(28)19(29)21(35-23)24(33)5-3-4-6-24/h7-8,18-21,23,26-30,33H,3-6H2,1-2H3,(H,31,32). The zero-order valence-corrected chi connectivity index (χ0v) is 19.1. The first-order chi connectivity index (χ1) is 16.4. The summed E-state index contributed by atoms with van der Waals surface area (Å²) < 4.78 is 11.4. The second-order valence-electron chi connectivity index (χ2n) is 9.28. The van der Waals surface area contributed by atoms with Crippen LogP contribution in [0.15, 0.2) is 12.1 Å². The van der Waals surface area contributed by atoms with Gasteiger partial charge < -0.3 is 45.2 Å². The van der Waals surface area contributed by atoms with E-state index in [0.717, 1.165) is 12.1 Å². The van der Waals surface area contributed by atoms with Gasteiger partial charge in [-0.1, -0.05) is 12.8 Å². The highest BCUT2D eigenvalue weighted by Crippen LogP contribution is 2.46. The highest BCUT2D eigenvalue weighted by Gasteiger charge is 2.54. The first kappa shape index (κ1) is 25.1. The predicted octanol–water partition coefficient (Wildman–Crippen LogP) is 0.952. The molecule has 1 saturated heterocycles. The number of hydrogen-bond acceptors (Lipinski definition) is 10. The van der Waals surface area contributed by atoms with Crippen molar-refractivity contribution in [1.82, 2.24) is 0 Å². The van der Waals surface area contributed by atoms with Crippen LogP contribution < -0.4 is 4.74 Å². The summed E-state index contributed by atoms with van der Waals surface area (Å²) in [6.07, 6.45) is -6.32. The summed E-state index contributed by atoms with van der Waals surface area (Å²) in [5.74, 6) is -3.34. The Hall–Kier alpha value is -2.96. The number of benzene rings is 2. The zero-order valence-electron chi connectivity index (χ0n) is 19.1. The highest BCUT2D eigenvalue weighted by atomic mass is 16.7. The number of carbonyl (C=O) groups excluding carboxylic acids is 1. The van der Waals surface area contributed by atoms with Crippen molar-refractivity contribution in [2.45, 2.75) is 75.8 Å². The SMILES string of the molecule is CC(=O)c1c(C)c(O)c2cc(C(=O)O)cc(OC3OC(C4(O)CCCC4)C(O)C(O)C3O)c2c1O. The molecule has 190 valence electrons. The van der Waals surface area contributed by atoms with Crippen LogP contribution in [0.1, 0.15) is 58.9 Å². The molecular weight excluding hydrogens is 464 g/mol. The number of fused-ring (bicyclic) bond motifs is 1. The van der Waals surface area contributed by atoms with Gasteiger partial charge >= 0.3 is 5.97 Å². The lowest BCUT2D eigenvalue weighted by Crippen LogP contribution is -2.65. The Kier molecular flexibility index (Phi) is 6.41. The van der Waals surface area contributed by atoms with E-state index in [9.17, 15) is 45.3 Å². The Morgan fingerprint density at radius 1 is 1.03 bits per heavy atom. The molecule has 5 unspecified atom stereocenters. The lowest BCUT2D eigenvalue weighted by molar-refractivity contribution is -0.303. The number of rotatable bonds is 5. The molecule has 1 aliphatic carbocycles. The van der Waals surface area contributed by atoms with Crippen molar-refractivity contribution >= 4 is 22.5 Å². The number of carboxylic acids is 1. The first-order valence-electron chi connectivity index (χ1n) is 11.2. The van der Waals surface area contributed by atoms with E-state index in [1.165, 1.54) is 13.8 Å². The van der Waals surface area contributed by atoms with E-state index in [1.54, 1.807) is 0 Å². The zero-order chi connectivity index (χ0) is 25.8. The Morgan fingerprint density at radius 3 is 2.23 bits per heavy atom. The van der Waals surface area contributed by atoms with Crippen molar-refractivity contribution in [3.8, 4) is 17.2 Å². The minimum Gasteiger partial charge on any atom is -0.507 e. The number of aliphatic hydroxyl groups is 4. The Morgan fingerprint density at radius 2 is 1.66 bits per heavy atom. The van der Waals surface area contributed by atoms with Crippen molar-refractivity contribution in [1.29, 1.82) is 0 Å². The second kappa shape index (κ2) is 8.92. The molecule has 0 spiro atoms. The van der Waals surface area contributed by atoms with E-state index in [-0.39, 0.29) is 46.1 Å². The third-order valence-corrected chi connectivity index (χ3v) is 6.97. The lowest BCUT2D eigenvalue weighted by atomic mass is 9.85. The number of carbonyl (C=O) groups is 2. The van der Waals surface area contributed by atoms with Crippen LogP contribution >= 0.6 is 0 Å². The largest absolute Gasteiger partial charge is 0.507 e. The molecule has 5 atom stereocenters. The highest BCUT2D eigenvalue weighted by molar-refractivity contribution is 6.11. The van der Waals surface area contributed by atoms with Crippen LogP contribution in [0.25, 0.3) is 10.8 Å². The van der Waals surface area contributed by atoms with Gasteiger partial charge in [0.2, 0.25) is 6.29 Å². The van der Waals surface area contributed by atoms with Gasteiger partial charge in [-0.05, 0) is 38.8 Å². The summed E-state index contributed by atoms with van der Waals surface area (Å²) >= 11 is 0. The first-order valence-corrected chi connectivity index (χ1v) is 11.2. The van der Waals surface area contributed by atoms with Crippen molar-refractivity contribution in [2.75, 3.05) is 0 Å². The maximum atomic E-state index is 12.2. The van der Waals surface area contributed by atoms with Crippen LogP contribution in [-0.4, -0.2) is 83.8 Å². The number of phenols is 2. The van der Waals surface area contributed by atoms with Crippen molar-refractivity contribution in [2.24, 2.45) is 0 Å². The molecule has 0 amide bonds. The molecule has 2 fully saturated rings. The molecule has 0 aromatic heterocycles. The summed E-state index contributed by atoms with van der Waals surface area (Å²) in [6.45, 7) is 2.57. The summed E-state index contributed by atoms with van der Waals surface area (Å²) in [7, 11) is 0.